The van der Waals surface area contributed by atoms with Gasteiger partial charge in [-0.3, -0.25) is 20.5 Å². The van der Waals surface area contributed by atoms with Crippen LogP contribution in [0.3, 0.4) is 0 Å². The van der Waals surface area contributed by atoms with E-state index in [9.17, 15) is 22.8 Å². The maximum Gasteiger partial charge on any atom is 0.490 e. The molecule has 0 aliphatic rings. The number of esters is 1. The third kappa shape index (κ3) is 6.20. The maximum absolute atomic E-state index is 13.1. The van der Waals surface area contributed by atoms with E-state index in [1.54, 1.807) is 36.5 Å². The summed E-state index contributed by atoms with van der Waals surface area (Å²) in [6, 6.07) is 24.5. The predicted octanol–water partition coefficient (Wildman–Crippen LogP) is 5.35. The second kappa shape index (κ2) is 11.5. The lowest BCUT2D eigenvalue weighted by atomic mass is 9.96. The van der Waals surface area contributed by atoms with E-state index in [2.05, 4.69) is 20.0 Å². The Kier molecular flexibility index (Phi) is 7.70. The standard InChI is InChI=1S/C30H22F3N5O3/c31-30(32,33)29(40)41-27(34)20-11-9-19(10-12-20)25-22(18-6-2-1-3-7-18)16-23-24(38-25)13-15-36-26(23)28(39)37-17-21-8-4-5-14-35-21/h1-16,27H,17,34H2,(H,37,39). The minimum Gasteiger partial charge on any atom is -0.436 e. The summed E-state index contributed by atoms with van der Waals surface area (Å²) in [6.45, 7) is 0.224. The Morgan fingerprint density at radius 2 is 1.61 bits per heavy atom. The number of nitrogens with one attached hydrogen (secondary N) is 1. The van der Waals surface area contributed by atoms with E-state index in [0.29, 0.717) is 33.4 Å². The molecule has 0 aliphatic heterocycles. The second-order valence-electron chi connectivity index (χ2n) is 8.93. The molecule has 1 unspecified atom stereocenters. The first kappa shape index (κ1) is 27.4. The SMILES string of the molecule is NC(OC(=O)C(F)(F)F)c1ccc(-c2nc3ccnc(C(=O)NCc4ccccn4)c3cc2-c2ccccc2)cc1. The summed E-state index contributed by atoms with van der Waals surface area (Å²) in [5.41, 5.74) is 9.96. The lowest BCUT2D eigenvalue weighted by Crippen LogP contribution is -2.29. The number of pyridine rings is 3. The highest BCUT2D eigenvalue weighted by Gasteiger charge is 2.42. The van der Waals surface area contributed by atoms with Gasteiger partial charge in [0, 0.05) is 34.5 Å². The fourth-order valence-corrected chi connectivity index (χ4v) is 4.17. The molecule has 0 saturated heterocycles. The summed E-state index contributed by atoms with van der Waals surface area (Å²) < 4.78 is 42.0. The summed E-state index contributed by atoms with van der Waals surface area (Å²) in [5, 5.41) is 3.38. The number of rotatable bonds is 7. The average Bonchev–Trinajstić information content (AvgIpc) is 2.99. The van der Waals surface area contributed by atoms with Crippen LogP contribution in [0.5, 0.6) is 0 Å². The molecule has 1 amide bonds. The van der Waals surface area contributed by atoms with Gasteiger partial charge in [-0.2, -0.15) is 13.2 Å². The second-order valence-corrected chi connectivity index (χ2v) is 8.93. The van der Waals surface area contributed by atoms with Gasteiger partial charge in [0.15, 0.2) is 6.23 Å². The van der Waals surface area contributed by atoms with Crippen molar-refractivity contribution in [2.45, 2.75) is 18.9 Å². The molecule has 41 heavy (non-hydrogen) atoms. The smallest absolute Gasteiger partial charge is 0.436 e. The van der Waals surface area contributed by atoms with Crippen LogP contribution >= 0.6 is 0 Å². The Labute approximate surface area is 232 Å². The molecular formula is C30H22F3N5O3. The van der Waals surface area contributed by atoms with Gasteiger partial charge in [0.1, 0.15) is 5.69 Å². The molecule has 0 fully saturated rings. The Hall–Kier alpha value is -5.16. The minimum atomic E-state index is -5.15. The number of ether oxygens (including phenoxy) is 1. The molecule has 0 radical (unpaired) electrons. The van der Waals surface area contributed by atoms with Crippen LogP contribution in [-0.2, 0) is 16.1 Å². The summed E-state index contributed by atoms with van der Waals surface area (Å²) in [7, 11) is 0. The minimum absolute atomic E-state index is 0.171. The molecule has 206 valence electrons. The highest BCUT2D eigenvalue weighted by atomic mass is 19.4. The molecule has 3 N–H and O–H groups in total. The van der Waals surface area contributed by atoms with Gasteiger partial charge in [-0.25, -0.2) is 9.78 Å². The molecule has 8 nitrogen and oxygen atoms in total. The highest BCUT2D eigenvalue weighted by molar-refractivity contribution is 6.06. The van der Waals surface area contributed by atoms with Gasteiger partial charge in [0.25, 0.3) is 5.91 Å². The van der Waals surface area contributed by atoms with Gasteiger partial charge >= 0.3 is 12.1 Å². The number of nitrogens with zero attached hydrogens (tertiary/aromatic N) is 3. The van der Waals surface area contributed by atoms with Crippen molar-refractivity contribution in [3.8, 4) is 22.4 Å². The van der Waals surface area contributed by atoms with E-state index in [1.165, 1.54) is 18.3 Å². The zero-order valence-electron chi connectivity index (χ0n) is 21.3. The Morgan fingerprint density at radius 1 is 0.878 bits per heavy atom. The van der Waals surface area contributed by atoms with Gasteiger partial charge in [-0.15, -0.1) is 0 Å². The summed E-state index contributed by atoms with van der Waals surface area (Å²) in [5.74, 6) is -2.76. The molecule has 0 spiro atoms. The largest absolute Gasteiger partial charge is 0.490 e. The molecule has 0 saturated carbocycles. The first-order valence-electron chi connectivity index (χ1n) is 12.4. The number of aromatic nitrogens is 3. The van der Waals surface area contributed by atoms with Crippen LogP contribution in [0.15, 0.2) is 97.3 Å². The Balaban J connectivity index is 1.51. The fourth-order valence-electron chi connectivity index (χ4n) is 4.17. The van der Waals surface area contributed by atoms with Crippen LogP contribution in [0, 0.1) is 0 Å². The van der Waals surface area contributed by atoms with Crippen molar-refractivity contribution in [3.05, 3.63) is 114 Å². The number of hydrogen-bond donors (Lipinski definition) is 2. The van der Waals surface area contributed by atoms with Crippen LogP contribution in [0.1, 0.15) is 28.0 Å². The number of alkyl halides is 3. The van der Waals surface area contributed by atoms with E-state index in [4.69, 9.17) is 10.7 Å². The van der Waals surface area contributed by atoms with E-state index < -0.39 is 18.4 Å². The number of amides is 1. The molecule has 2 aromatic carbocycles. The summed E-state index contributed by atoms with van der Waals surface area (Å²) >= 11 is 0. The van der Waals surface area contributed by atoms with E-state index >= 15 is 0 Å². The number of benzene rings is 2. The average molecular weight is 558 g/mol. The van der Waals surface area contributed by atoms with Crippen LogP contribution in [0.4, 0.5) is 13.2 Å². The van der Waals surface area contributed by atoms with Crippen LogP contribution in [-0.4, -0.2) is 33.0 Å². The molecule has 5 rings (SSSR count). The number of carbonyl (C=O) groups is 2. The summed E-state index contributed by atoms with van der Waals surface area (Å²) in [4.78, 5) is 37.7. The van der Waals surface area contributed by atoms with Crippen molar-refractivity contribution in [1.82, 2.24) is 20.3 Å². The quantitative estimate of drug-likeness (QED) is 0.204. The number of halogens is 3. The molecule has 3 aromatic heterocycles. The van der Waals surface area contributed by atoms with Crippen LogP contribution in [0.25, 0.3) is 33.3 Å². The topological polar surface area (TPSA) is 120 Å². The van der Waals surface area contributed by atoms with Crippen molar-refractivity contribution in [2.24, 2.45) is 5.73 Å². The summed E-state index contributed by atoms with van der Waals surface area (Å²) in [6.07, 6.45) is -3.62. The number of fused-ring (bicyclic) bond motifs is 1. The number of hydrogen-bond acceptors (Lipinski definition) is 7. The van der Waals surface area contributed by atoms with Crippen molar-refractivity contribution >= 4 is 22.8 Å². The first-order valence-corrected chi connectivity index (χ1v) is 12.4. The van der Waals surface area contributed by atoms with Crippen molar-refractivity contribution in [2.75, 3.05) is 0 Å². The zero-order valence-corrected chi connectivity index (χ0v) is 21.3. The van der Waals surface area contributed by atoms with Gasteiger partial charge in [0.2, 0.25) is 0 Å². The molecule has 0 bridgehead atoms. The lowest BCUT2D eigenvalue weighted by molar-refractivity contribution is -0.205. The van der Waals surface area contributed by atoms with E-state index in [1.807, 2.05) is 42.5 Å². The lowest BCUT2D eigenvalue weighted by Gasteiger charge is -2.16. The number of nitrogens with two attached hydrogens (primary N) is 1. The van der Waals surface area contributed by atoms with Crippen molar-refractivity contribution in [1.29, 1.82) is 0 Å². The van der Waals surface area contributed by atoms with Crippen LogP contribution in [0.2, 0.25) is 0 Å². The fraction of sp³-hybridized carbons (Fsp3) is 0.100. The van der Waals surface area contributed by atoms with Gasteiger partial charge in [-0.05, 0) is 29.8 Å². The third-order valence-corrected chi connectivity index (χ3v) is 6.18. The van der Waals surface area contributed by atoms with Crippen molar-refractivity contribution < 1.29 is 27.5 Å². The van der Waals surface area contributed by atoms with E-state index in [-0.39, 0.29) is 23.7 Å². The Morgan fingerprint density at radius 3 is 2.29 bits per heavy atom. The molecule has 5 aromatic rings. The van der Waals surface area contributed by atoms with Gasteiger partial charge in [-0.1, -0.05) is 60.7 Å². The highest BCUT2D eigenvalue weighted by Crippen LogP contribution is 2.34. The molecule has 3 heterocycles. The van der Waals surface area contributed by atoms with Crippen molar-refractivity contribution in [3.63, 3.8) is 0 Å². The van der Waals surface area contributed by atoms with Gasteiger partial charge < -0.3 is 10.1 Å². The van der Waals surface area contributed by atoms with Gasteiger partial charge in [0.05, 0.1) is 23.4 Å². The van der Waals surface area contributed by atoms with Crippen LogP contribution < -0.4 is 11.1 Å². The third-order valence-electron chi connectivity index (χ3n) is 6.18. The zero-order chi connectivity index (χ0) is 29.0. The molecule has 11 heteroatoms. The monoisotopic (exact) mass is 557 g/mol. The molecular weight excluding hydrogens is 535 g/mol. The molecule has 1 atom stereocenters. The first-order chi connectivity index (χ1) is 19.7. The maximum atomic E-state index is 13.1. The molecule has 0 aliphatic carbocycles. The Bertz CT molecular complexity index is 1700. The van der Waals surface area contributed by atoms with E-state index in [0.717, 1.165) is 5.56 Å². The predicted molar refractivity (Wildman–Crippen MR) is 145 cm³/mol. The number of carbonyl (C=O) groups excluding carboxylic acids is 2. The normalized spacial score (nSPS) is 12.1.